The third-order valence-corrected chi connectivity index (χ3v) is 2.78. The van der Waals surface area contributed by atoms with E-state index in [9.17, 15) is 4.79 Å². The van der Waals surface area contributed by atoms with E-state index in [1.54, 1.807) is 39.4 Å². The van der Waals surface area contributed by atoms with Crippen molar-refractivity contribution in [2.24, 2.45) is 0 Å². The average molecular weight is 264 g/mol. The Hall–Kier alpha value is -1.97. The van der Waals surface area contributed by atoms with Crippen LogP contribution in [0.25, 0.3) is 0 Å². The van der Waals surface area contributed by atoms with Crippen LogP contribution in [0.4, 0.5) is 0 Å². The summed E-state index contributed by atoms with van der Waals surface area (Å²) in [6.07, 6.45) is 2.23. The monoisotopic (exact) mass is 264 g/mol. The summed E-state index contributed by atoms with van der Waals surface area (Å²) in [5, 5.41) is 0. The van der Waals surface area contributed by atoms with Gasteiger partial charge in [0, 0.05) is 0 Å². The van der Waals surface area contributed by atoms with Crippen molar-refractivity contribution in [3.63, 3.8) is 0 Å². The van der Waals surface area contributed by atoms with Crippen molar-refractivity contribution in [2.75, 3.05) is 20.8 Å². The Balaban J connectivity index is 3.08. The van der Waals surface area contributed by atoms with E-state index in [2.05, 4.69) is 6.58 Å². The second-order valence-electron chi connectivity index (χ2n) is 3.94. The zero-order valence-corrected chi connectivity index (χ0v) is 11.6. The van der Waals surface area contributed by atoms with Crippen molar-refractivity contribution in [3.8, 4) is 11.5 Å². The maximum atomic E-state index is 11.9. The average Bonchev–Trinajstić information content (AvgIpc) is 2.44. The maximum absolute atomic E-state index is 11.9. The second-order valence-corrected chi connectivity index (χ2v) is 3.94. The van der Waals surface area contributed by atoms with Gasteiger partial charge in [-0.15, -0.1) is 6.58 Å². The molecule has 4 heteroatoms. The smallest absolute Gasteiger partial charge is 0.313 e. The van der Waals surface area contributed by atoms with E-state index >= 15 is 0 Å². The van der Waals surface area contributed by atoms with Gasteiger partial charge in [0.2, 0.25) is 0 Å². The van der Waals surface area contributed by atoms with Crippen LogP contribution in [0, 0.1) is 0 Å². The summed E-state index contributed by atoms with van der Waals surface area (Å²) in [6.45, 7) is 5.83. The highest BCUT2D eigenvalue weighted by atomic mass is 16.5. The second kappa shape index (κ2) is 7.46. The van der Waals surface area contributed by atoms with Crippen molar-refractivity contribution < 1.29 is 19.0 Å². The normalized spacial score (nSPS) is 11.5. The van der Waals surface area contributed by atoms with Crippen molar-refractivity contribution in [1.29, 1.82) is 0 Å². The lowest BCUT2D eigenvalue weighted by molar-refractivity contribution is -0.144. The van der Waals surface area contributed by atoms with E-state index in [1.807, 2.05) is 6.07 Å². The Labute approximate surface area is 114 Å². The van der Waals surface area contributed by atoms with Gasteiger partial charge in [-0.3, -0.25) is 4.79 Å². The van der Waals surface area contributed by atoms with Crippen molar-refractivity contribution in [1.82, 2.24) is 0 Å². The van der Waals surface area contributed by atoms with Crippen LogP contribution in [0.15, 0.2) is 30.9 Å². The van der Waals surface area contributed by atoms with Crippen molar-refractivity contribution in [2.45, 2.75) is 19.3 Å². The van der Waals surface area contributed by atoms with Gasteiger partial charge in [-0.05, 0) is 31.0 Å². The molecule has 104 valence electrons. The molecule has 0 saturated carbocycles. The van der Waals surface area contributed by atoms with Crippen LogP contribution in [0.5, 0.6) is 11.5 Å². The number of ether oxygens (including phenoxy) is 3. The number of methoxy groups -OCH3 is 2. The highest BCUT2D eigenvalue weighted by molar-refractivity contribution is 5.78. The Bertz CT molecular complexity index is 440. The molecule has 0 aromatic heterocycles. The SMILES string of the molecule is C=CCC(C(=O)OCC)c1ccc(OC)c(OC)c1. The molecule has 1 aromatic rings. The van der Waals surface area contributed by atoms with E-state index < -0.39 is 0 Å². The van der Waals surface area contributed by atoms with Gasteiger partial charge in [-0.2, -0.15) is 0 Å². The molecule has 1 rings (SSSR count). The first-order valence-corrected chi connectivity index (χ1v) is 6.17. The van der Waals surface area contributed by atoms with Crippen LogP contribution >= 0.6 is 0 Å². The summed E-state index contributed by atoms with van der Waals surface area (Å²) in [6, 6.07) is 5.42. The van der Waals surface area contributed by atoms with E-state index in [1.165, 1.54) is 0 Å². The first-order valence-electron chi connectivity index (χ1n) is 6.17. The molecule has 0 radical (unpaired) electrons. The number of hydrogen-bond donors (Lipinski definition) is 0. The quantitative estimate of drug-likeness (QED) is 0.561. The summed E-state index contributed by atoms with van der Waals surface area (Å²) in [4.78, 5) is 11.9. The molecule has 0 heterocycles. The van der Waals surface area contributed by atoms with Crippen molar-refractivity contribution in [3.05, 3.63) is 36.4 Å². The minimum atomic E-state index is -0.364. The van der Waals surface area contributed by atoms with Gasteiger partial charge in [0.15, 0.2) is 11.5 Å². The van der Waals surface area contributed by atoms with Crippen molar-refractivity contribution >= 4 is 5.97 Å². The molecule has 1 atom stereocenters. The van der Waals surface area contributed by atoms with Crippen LogP contribution in [0.1, 0.15) is 24.8 Å². The molecule has 1 unspecified atom stereocenters. The van der Waals surface area contributed by atoms with Crippen LogP contribution in [-0.4, -0.2) is 26.8 Å². The zero-order chi connectivity index (χ0) is 14.3. The van der Waals surface area contributed by atoms with Crippen LogP contribution in [-0.2, 0) is 9.53 Å². The van der Waals surface area contributed by atoms with Gasteiger partial charge < -0.3 is 14.2 Å². The van der Waals surface area contributed by atoms with Crippen LogP contribution < -0.4 is 9.47 Å². The topological polar surface area (TPSA) is 44.8 Å². The minimum absolute atomic E-state index is 0.255. The zero-order valence-electron chi connectivity index (χ0n) is 11.6. The molecule has 0 saturated heterocycles. The Morgan fingerprint density at radius 2 is 2.00 bits per heavy atom. The molecule has 19 heavy (non-hydrogen) atoms. The highest BCUT2D eigenvalue weighted by Gasteiger charge is 2.22. The molecular formula is C15H20O4. The number of carbonyl (C=O) groups is 1. The van der Waals surface area contributed by atoms with Gasteiger partial charge in [0.05, 0.1) is 26.7 Å². The molecule has 0 aliphatic heterocycles. The highest BCUT2D eigenvalue weighted by Crippen LogP contribution is 2.32. The first kappa shape index (κ1) is 15.1. The third-order valence-electron chi connectivity index (χ3n) is 2.78. The fourth-order valence-corrected chi connectivity index (χ4v) is 1.85. The number of esters is 1. The standard InChI is InChI=1S/C15H20O4/c1-5-7-12(15(16)19-6-2)11-8-9-13(17-3)14(10-11)18-4/h5,8-10,12H,1,6-7H2,2-4H3. The van der Waals surface area contributed by atoms with Gasteiger partial charge in [0.1, 0.15) is 0 Å². The Morgan fingerprint density at radius 1 is 1.32 bits per heavy atom. The number of rotatable bonds is 7. The van der Waals surface area contributed by atoms with E-state index in [4.69, 9.17) is 14.2 Å². The molecule has 0 amide bonds. The lowest BCUT2D eigenvalue weighted by atomic mass is 9.95. The molecule has 0 aliphatic rings. The summed E-state index contributed by atoms with van der Waals surface area (Å²) >= 11 is 0. The molecule has 4 nitrogen and oxygen atoms in total. The summed E-state index contributed by atoms with van der Waals surface area (Å²) < 4.78 is 15.5. The van der Waals surface area contributed by atoms with E-state index in [0.717, 1.165) is 5.56 Å². The fourth-order valence-electron chi connectivity index (χ4n) is 1.85. The summed E-state index contributed by atoms with van der Waals surface area (Å²) in [5.74, 6) is 0.609. The number of carbonyl (C=O) groups excluding carboxylic acids is 1. The van der Waals surface area contributed by atoms with Gasteiger partial charge in [-0.1, -0.05) is 12.1 Å². The predicted molar refractivity (Wildman–Crippen MR) is 73.7 cm³/mol. The molecule has 0 aliphatic carbocycles. The largest absolute Gasteiger partial charge is 0.493 e. The Kier molecular flexibility index (Phi) is 5.93. The first-order chi connectivity index (χ1) is 9.17. The van der Waals surface area contributed by atoms with Gasteiger partial charge >= 0.3 is 5.97 Å². The maximum Gasteiger partial charge on any atom is 0.313 e. The van der Waals surface area contributed by atoms with E-state index in [-0.39, 0.29) is 11.9 Å². The minimum Gasteiger partial charge on any atom is -0.493 e. The van der Waals surface area contributed by atoms with Gasteiger partial charge in [-0.25, -0.2) is 0 Å². The number of hydrogen-bond acceptors (Lipinski definition) is 4. The Morgan fingerprint density at radius 3 is 2.53 bits per heavy atom. The molecule has 0 spiro atoms. The van der Waals surface area contributed by atoms with Crippen LogP contribution in [0.2, 0.25) is 0 Å². The molecule has 1 aromatic carbocycles. The van der Waals surface area contributed by atoms with Crippen LogP contribution in [0.3, 0.4) is 0 Å². The number of allylic oxidation sites excluding steroid dienone is 1. The molecule has 0 bridgehead atoms. The summed E-state index contributed by atoms with van der Waals surface area (Å²) in [5.41, 5.74) is 0.830. The third kappa shape index (κ3) is 3.74. The predicted octanol–water partition coefficient (Wildman–Crippen LogP) is 2.93. The lowest BCUT2D eigenvalue weighted by Crippen LogP contribution is -2.15. The van der Waals surface area contributed by atoms with E-state index in [0.29, 0.717) is 24.5 Å². The van der Waals surface area contributed by atoms with Gasteiger partial charge in [0.25, 0.3) is 0 Å². The summed E-state index contributed by atoms with van der Waals surface area (Å²) in [7, 11) is 3.14. The fraction of sp³-hybridized carbons (Fsp3) is 0.400. The molecule has 0 fully saturated rings. The molecule has 0 N–H and O–H groups in total. The lowest BCUT2D eigenvalue weighted by Gasteiger charge is -2.16. The molecular weight excluding hydrogens is 244 g/mol. The number of benzene rings is 1.